The van der Waals surface area contributed by atoms with Crippen molar-refractivity contribution in [3.8, 4) is 0 Å². The molecule has 0 aromatic heterocycles. The molecule has 0 aliphatic carbocycles. The van der Waals surface area contributed by atoms with Crippen molar-refractivity contribution in [2.75, 3.05) is 13.6 Å². The zero-order chi connectivity index (χ0) is 16.0. The van der Waals surface area contributed by atoms with E-state index in [4.69, 9.17) is 11.6 Å². The van der Waals surface area contributed by atoms with Gasteiger partial charge in [-0.3, -0.25) is 14.5 Å². The molecule has 0 saturated carbocycles. The first kappa shape index (κ1) is 17.7. The molecule has 4 nitrogen and oxygen atoms in total. The number of carbonyl (C=O) groups excluding carboxylic acids is 2. The molecule has 0 spiro atoms. The summed E-state index contributed by atoms with van der Waals surface area (Å²) in [5, 5.41) is 3.49. The third-order valence-corrected chi connectivity index (χ3v) is 3.45. The molecule has 1 aromatic carbocycles. The van der Waals surface area contributed by atoms with E-state index in [2.05, 4.69) is 5.32 Å². The highest BCUT2D eigenvalue weighted by Crippen LogP contribution is 2.11. The summed E-state index contributed by atoms with van der Waals surface area (Å²) in [6.45, 7) is 6.24. The summed E-state index contributed by atoms with van der Waals surface area (Å²) in [7, 11) is 1.87. The Morgan fingerprint density at radius 1 is 1.24 bits per heavy atom. The van der Waals surface area contributed by atoms with Crippen molar-refractivity contribution in [2.45, 2.75) is 33.4 Å². The van der Waals surface area contributed by atoms with E-state index in [1.165, 1.54) is 6.92 Å². The second-order valence-electron chi connectivity index (χ2n) is 5.70. The summed E-state index contributed by atoms with van der Waals surface area (Å²) in [6.07, 6.45) is 0. The van der Waals surface area contributed by atoms with E-state index in [0.717, 1.165) is 5.56 Å². The van der Waals surface area contributed by atoms with E-state index in [9.17, 15) is 9.59 Å². The molecule has 0 bridgehead atoms. The van der Waals surface area contributed by atoms with Gasteiger partial charge in [-0.25, -0.2) is 0 Å². The number of amides is 1. The quantitative estimate of drug-likeness (QED) is 0.842. The number of Topliss-reactive ketones (excluding diaryl/α,β-unsaturated/α-hetero) is 1. The molecule has 0 aliphatic rings. The fourth-order valence-electron chi connectivity index (χ4n) is 2.16. The Kier molecular flexibility index (Phi) is 6.85. The first-order valence-corrected chi connectivity index (χ1v) is 7.40. The number of nitrogens with one attached hydrogen (secondary N) is 1. The maximum Gasteiger partial charge on any atom is 0.234 e. The lowest BCUT2D eigenvalue weighted by Crippen LogP contribution is -2.46. The van der Waals surface area contributed by atoms with E-state index < -0.39 is 6.04 Å². The van der Waals surface area contributed by atoms with Crippen LogP contribution in [0, 0.1) is 5.92 Å². The summed E-state index contributed by atoms with van der Waals surface area (Å²) in [6, 6.07) is 7.11. The molecule has 0 saturated heterocycles. The second-order valence-corrected chi connectivity index (χ2v) is 6.14. The maximum absolute atomic E-state index is 12.0. The molecule has 0 radical (unpaired) electrons. The molecule has 0 heterocycles. The van der Waals surface area contributed by atoms with E-state index in [1.54, 1.807) is 0 Å². The van der Waals surface area contributed by atoms with Gasteiger partial charge in [0.25, 0.3) is 0 Å². The molecule has 5 heteroatoms. The van der Waals surface area contributed by atoms with Crippen molar-refractivity contribution < 1.29 is 9.59 Å². The summed E-state index contributed by atoms with van der Waals surface area (Å²) in [5.74, 6) is -0.0629. The molecule has 1 rings (SSSR count). The van der Waals surface area contributed by atoms with E-state index in [0.29, 0.717) is 11.6 Å². The van der Waals surface area contributed by atoms with Gasteiger partial charge in [-0.1, -0.05) is 37.6 Å². The van der Waals surface area contributed by atoms with Gasteiger partial charge in [0.15, 0.2) is 5.78 Å². The molecule has 1 atom stereocenters. The van der Waals surface area contributed by atoms with Crippen molar-refractivity contribution in [1.29, 1.82) is 0 Å². The van der Waals surface area contributed by atoms with Crippen LogP contribution in [0.1, 0.15) is 26.3 Å². The van der Waals surface area contributed by atoms with Crippen LogP contribution in [0.25, 0.3) is 0 Å². The largest absolute Gasteiger partial charge is 0.345 e. The summed E-state index contributed by atoms with van der Waals surface area (Å²) in [4.78, 5) is 25.4. The number of carbonyl (C=O) groups is 2. The molecule has 1 aromatic rings. The normalized spacial score (nSPS) is 12.5. The molecular formula is C16H23ClN2O2. The van der Waals surface area contributed by atoms with Crippen molar-refractivity contribution in [1.82, 2.24) is 10.2 Å². The molecule has 116 valence electrons. The van der Waals surface area contributed by atoms with Gasteiger partial charge in [0.2, 0.25) is 5.91 Å². The molecule has 0 aliphatic heterocycles. The molecule has 21 heavy (non-hydrogen) atoms. The van der Waals surface area contributed by atoms with Crippen LogP contribution in [0.2, 0.25) is 5.02 Å². The molecule has 1 N–H and O–H groups in total. The van der Waals surface area contributed by atoms with Gasteiger partial charge in [0.1, 0.15) is 0 Å². The monoisotopic (exact) mass is 310 g/mol. The number of hydrogen-bond donors (Lipinski definition) is 1. The summed E-state index contributed by atoms with van der Waals surface area (Å²) < 4.78 is 0. The van der Waals surface area contributed by atoms with Crippen molar-refractivity contribution >= 4 is 23.3 Å². The topological polar surface area (TPSA) is 49.4 Å². The Bertz CT molecular complexity index is 486. The Morgan fingerprint density at radius 3 is 2.29 bits per heavy atom. The van der Waals surface area contributed by atoms with Gasteiger partial charge in [0, 0.05) is 11.6 Å². The fraction of sp³-hybridized carbons (Fsp3) is 0.500. The van der Waals surface area contributed by atoms with E-state index in [1.807, 2.05) is 50.1 Å². The predicted molar refractivity (Wildman–Crippen MR) is 85.2 cm³/mol. The third-order valence-electron chi connectivity index (χ3n) is 3.20. The average molecular weight is 311 g/mol. The Balaban J connectivity index is 2.50. The van der Waals surface area contributed by atoms with Crippen LogP contribution in [0.5, 0.6) is 0 Å². The first-order valence-electron chi connectivity index (χ1n) is 7.02. The zero-order valence-electron chi connectivity index (χ0n) is 13.0. The number of ketones is 1. The third kappa shape index (κ3) is 6.27. The second kappa shape index (κ2) is 8.15. The smallest absolute Gasteiger partial charge is 0.234 e. The predicted octanol–water partition coefficient (Wildman–Crippen LogP) is 2.50. The van der Waals surface area contributed by atoms with Crippen molar-refractivity contribution in [3.05, 3.63) is 34.9 Å². The van der Waals surface area contributed by atoms with Gasteiger partial charge in [0.05, 0.1) is 12.6 Å². The number of likely N-dealkylation sites (N-methyl/N-ethyl adjacent to an activating group) is 1. The van der Waals surface area contributed by atoms with Crippen LogP contribution in [-0.2, 0) is 16.1 Å². The minimum atomic E-state index is -0.415. The van der Waals surface area contributed by atoms with Crippen molar-refractivity contribution in [3.63, 3.8) is 0 Å². The summed E-state index contributed by atoms with van der Waals surface area (Å²) >= 11 is 5.84. The van der Waals surface area contributed by atoms with Crippen molar-refractivity contribution in [2.24, 2.45) is 5.92 Å². The standard InChI is InChI=1S/C16H23ClN2O2/c1-11(2)16(12(3)20)18-15(21)10-19(4)9-13-5-7-14(17)8-6-13/h5-8,11,16H,9-10H2,1-4H3,(H,18,21). The number of benzene rings is 1. The Labute approximate surface area is 131 Å². The number of rotatable bonds is 7. The van der Waals surface area contributed by atoms with Gasteiger partial charge in [-0.05, 0) is 37.6 Å². The molecule has 0 fully saturated rings. The number of hydrogen-bond acceptors (Lipinski definition) is 3. The molecule has 1 unspecified atom stereocenters. The average Bonchev–Trinajstić information content (AvgIpc) is 2.38. The van der Waals surface area contributed by atoms with Crippen LogP contribution in [0.15, 0.2) is 24.3 Å². The van der Waals surface area contributed by atoms with Gasteiger partial charge in [-0.15, -0.1) is 0 Å². The number of nitrogens with zero attached hydrogens (tertiary/aromatic N) is 1. The fourth-order valence-corrected chi connectivity index (χ4v) is 2.29. The SMILES string of the molecule is CC(=O)C(NC(=O)CN(C)Cc1ccc(Cl)cc1)C(C)C. The molecule has 1 amide bonds. The van der Waals surface area contributed by atoms with Crippen LogP contribution in [-0.4, -0.2) is 36.2 Å². The highest BCUT2D eigenvalue weighted by Gasteiger charge is 2.20. The minimum absolute atomic E-state index is 0.0151. The van der Waals surface area contributed by atoms with Crippen LogP contribution in [0.3, 0.4) is 0 Å². The lowest BCUT2D eigenvalue weighted by atomic mass is 10.0. The Hall–Kier alpha value is -1.39. The molecular weight excluding hydrogens is 288 g/mol. The van der Waals surface area contributed by atoms with Crippen LogP contribution < -0.4 is 5.32 Å². The van der Waals surface area contributed by atoms with E-state index in [-0.39, 0.29) is 24.2 Å². The summed E-state index contributed by atoms with van der Waals surface area (Å²) in [5.41, 5.74) is 1.08. The zero-order valence-corrected chi connectivity index (χ0v) is 13.8. The Morgan fingerprint density at radius 2 is 1.81 bits per heavy atom. The maximum atomic E-state index is 12.0. The van der Waals surface area contributed by atoms with Crippen LogP contribution in [0.4, 0.5) is 0 Å². The van der Waals surface area contributed by atoms with Gasteiger partial charge in [-0.2, -0.15) is 0 Å². The number of halogens is 1. The van der Waals surface area contributed by atoms with Gasteiger partial charge < -0.3 is 5.32 Å². The highest BCUT2D eigenvalue weighted by molar-refractivity contribution is 6.30. The first-order chi connectivity index (χ1) is 9.79. The van der Waals surface area contributed by atoms with Gasteiger partial charge >= 0.3 is 0 Å². The lowest BCUT2D eigenvalue weighted by Gasteiger charge is -2.22. The van der Waals surface area contributed by atoms with E-state index >= 15 is 0 Å². The highest BCUT2D eigenvalue weighted by atomic mass is 35.5. The lowest BCUT2D eigenvalue weighted by molar-refractivity contribution is -0.128. The minimum Gasteiger partial charge on any atom is -0.345 e. The van der Waals surface area contributed by atoms with Crippen LogP contribution >= 0.6 is 11.6 Å².